The van der Waals surface area contributed by atoms with Crippen LogP contribution in [0.2, 0.25) is 5.02 Å². The van der Waals surface area contributed by atoms with Gasteiger partial charge in [0.25, 0.3) is 0 Å². The van der Waals surface area contributed by atoms with Crippen LogP contribution in [0.4, 0.5) is 0 Å². The molecule has 18 heavy (non-hydrogen) atoms. The van der Waals surface area contributed by atoms with Crippen molar-refractivity contribution in [3.63, 3.8) is 0 Å². The van der Waals surface area contributed by atoms with Crippen LogP contribution in [0.5, 0.6) is 0 Å². The van der Waals surface area contributed by atoms with Gasteiger partial charge in [0.2, 0.25) is 0 Å². The lowest BCUT2D eigenvalue weighted by Crippen LogP contribution is -1.96. The minimum atomic E-state index is 0.454. The van der Waals surface area contributed by atoms with Crippen LogP contribution in [0, 0.1) is 0 Å². The standard InChI is InChI=1S/C12H11ClN4S/c1-17-11-7(13)3-2-4-8(11)16-12(17)9-6-18-10(5-14)15-9/h2-4,6H,5,14H2,1H3. The Bertz CT molecular complexity index is 716. The molecule has 92 valence electrons. The smallest absolute Gasteiger partial charge is 0.160 e. The number of rotatable bonds is 2. The molecule has 3 aromatic rings. The topological polar surface area (TPSA) is 56.7 Å². The second-order valence-corrected chi connectivity index (χ2v) is 5.28. The molecule has 4 nitrogen and oxygen atoms in total. The first-order valence-corrected chi connectivity index (χ1v) is 6.72. The van der Waals surface area contributed by atoms with Crippen LogP contribution in [0.25, 0.3) is 22.6 Å². The number of hydrogen-bond donors (Lipinski definition) is 1. The van der Waals surface area contributed by atoms with Crippen molar-refractivity contribution in [1.29, 1.82) is 0 Å². The second kappa shape index (κ2) is 4.35. The molecule has 0 bridgehead atoms. The molecule has 0 saturated heterocycles. The number of benzene rings is 1. The highest BCUT2D eigenvalue weighted by Crippen LogP contribution is 2.28. The van der Waals surface area contributed by atoms with E-state index in [9.17, 15) is 0 Å². The number of imidazole rings is 1. The molecule has 0 spiro atoms. The molecule has 0 saturated carbocycles. The predicted molar refractivity (Wildman–Crippen MR) is 74.7 cm³/mol. The summed E-state index contributed by atoms with van der Waals surface area (Å²) in [5.74, 6) is 0.814. The third-order valence-corrected chi connectivity index (χ3v) is 3.98. The Morgan fingerprint density at radius 1 is 1.39 bits per heavy atom. The Morgan fingerprint density at radius 3 is 2.89 bits per heavy atom. The van der Waals surface area contributed by atoms with Gasteiger partial charge in [0.1, 0.15) is 10.7 Å². The number of fused-ring (bicyclic) bond motifs is 1. The molecule has 0 aliphatic rings. The van der Waals surface area contributed by atoms with E-state index in [-0.39, 0.29) is 0 Å². The van der Waals surface area contributed by atoms with Gasteiger partial charge in [-0.25, -0.2) is 9.97 Å². The Labute approximate surface area is 113 Å². The Balaban J connectivity index is 2.23. The van der Waals surface area contributed by atoms with Crippen LogP contribution in [0.3, 0.4) is 0 Å². The van der Waals surface area contributed by atoms with Gasteiger partial charge < -0.3 is 10.3 Å². The quantitative estimate of drug-likeness (QED) is 0.784. The van der Waals surface area contributed by atoms with Gasteiger partial charge >= 0.3 is 0 Å². The van der Waals surface area contributed by atoms with Gasteiger partial charge in [-0.15, -0.1) is 11.3 Å². The van der Waals surface area contributed by atoms with Crippen molar-refractivity contribution in [1.82, 2.24) is 14.5 Å². The number of nitrogens with zero attached hydrogens (tertiary/aromatic N) is 3. The van der Waals surface area contributed by atoms with Gasteiger partial charge in [-0.1, -0.05) is 17.7 Å². The summed E-state index contributed by atoms with van der Waals surface area (Å²) < 4.78 is 1.97. The molecule has 2 heterocycles. The first-order valence-electron chi connectivity index (χ1n) is 5.46. The normalized spacial score (nSPS) is 11.3. The maximum absolute atomic E-state index is 6.20. The number of aromatic nitrogens is 3. The molecule has 0 fully saturated rings. The van der Waals surface area contributed by atoms with E-state index < -0.39 is 0 Å². The summed E-state index contributed by atoms with van der Waals surface area (Å²) in [4.78, 5) is 9.02. The number of thiazole rings is 1. The van der Waals surface area contributed by atoms with Crippen LogP contribution in [0.1, 0.15) is 5.01 Å². The second-order valence-electron chi connectivity index (χ2n) is 3.93. The zero-order valence-electron chi connectivity index (χ0n) is 9.72. The number of para-hydroxylation sites is 1. The lowest BCUT2D eigenvalue weighted by molar-refractivity contribution is 0.946. The average molecular weight is 279 g/mol. The molecule has 2 aromatic heterocycles. The highest BCUT2D eigenvalue weighted by Gasteiger charge is 2.14. The van der Waals surface area contributed by atoms with E-state index in [0.717, 1.165) is 27.6 Å². The first kappa shape index (κ1) is 11.6. The molecule has 0 aliphatic carbocycles. The fourth-order valence-corrected chi connectivity index (χ4v) is 2.91. The monoisotopic (exact) mass is 278 g/mol. The molecule has 6 heteroatoms. The number of aryl methyl sites for hydroxylation is 1. The van der Waals surface area contributed by atoms with Crippen molar-refractivity contribution in [3.8, 4) is 11.5 Å². The number of nitrogens with two attached hydrogens (primary N) is 1. The number of halogens is 1. The fourth-order valence-electron chi connectivity index (χ4n) is 1.96. The summed E-state index contributed by atoms with van der Waals surface area (Å²) in [6.45, 7) is 0.454. The molecular weight excluding hydrogens is 268 g/mol. The largest absolute Gasteiger partial charge is 0.325 e. The molecule has 0 unspecified atom stereocenters. The third kappa shape index (κ3) is 1.71. The molecule has 1 aromatic carbocycles. The van der Waals surface area contributed by atoms with E-state index >= 15 is 0 Å². The summed E-state index contributed by atoms with van der Waals surface area (Å²) in [6, 6.07) is 5.70. The maximum atomic E-state index is 6.20. The van der Waals surface area contributed by atoms with Gasteiger partial charge in [0.05, 0.1) is 16.1 Å². The van der Waals surface area contributed by atoms with E-state index in [1.807, 2.05) is 35.2 Å². The van der Waals surface area contributed by atoms with E-state index in [2.05, 4.69) is 9.97 Å². The lowest BCUT2D eigenvalue weighted by atomic mass is 10.3. The van der Waals surface area contributed by atoms with Crippen molar-refractivity contribution in [2.45, 2.75) is 6.54 Å². The van der Waals surface area contributed by atoms with Gasteiger partial charge in [0, 0.05) is 19.0 Å². The van der Waals surface area contributed by atoms with Crippen molar-refractivity contribution < 1.29 is 0 Å². The average Bonchev–Trinajstić information content (AvgIpc) is 2.94. The van der Waals surface area contributed by atoms with Crippen LogP contribution in [-0.4, -0.2) is 14.5 Å². The van der Waals surface area contributed by atoms with Crippen molar-refractivity contribution in [2.75, 3.05) is 0 Å². The van der Waals surface area contributed by atoms with Crippen molar-refractivity contribution in [2.24, 2.45) is 12.8 Å². The minimum Gasteiger partial charge on any atom is -0.325 e. The molecule has 3 rings (SSSR count). The first-order chi connectivity index (χ1) is 8.70. The van der Waals surface area contributed by atoms with E-state index in [1.54, 1.807) is 11.3 Å². The van der Waals surface area contributed by atoms with Crippen LogP contribution >= 0.6 is 22.9 Å². The summed E-state index contributed by atoms with van der Waals surface area (Å²) in [7, 11) is 1.94. The van der Waals surface area contributed by atoms with Crippen molar-refractivity contribution >= 4 is 34.0 Å². The zero-order chi connectivity index (χ0) is 12.7. The van der Waals surface area contributed by atoms with Crippen LogP contribution < -0.4 is 5.73 Å². The van der Waals surface area contributed by atoms with Gasteiger partial charge in [-0.3, -0.25) is 0 Å². The zero-order valence-corrected chi connectivity index (χ0v) is 11.3. The Morgan fingerprint density at radius 2 is 2.22 bits per heavy atom. The summed E-state index contributed by atoms with van der Waals surface area (Å²) >= 11 is 7.74. The third-order valence-electron chi connectivity index (χ3n) is 2.80. The van der Waals surface area contributed by atoms with Gasteiger partial charge in [0.15, 0.2) is 5.82 Å². The lowest BCUT2D eigenvalue weighted by Gasteiger charge is -2.00. The summed E-state index contributed by atoms with van der Waals surface area (Å²) in [6.07, 6.45) is 0. The Kier molecular flexibility index (Phi) is 2.81. The van der Waals surface area contributed by atoms with Crippen molar-refractivity contribution in [3.05, 3.63) is 33.6 Å². The van der Waals surface area contributed by atoms with E-state index in [1.165, 1.54) is 0 Å². The highest BCUT2D eigenvalue weighted by atomic mass is 35.5. The SMILES string of the molecule is Cn1c(-c2csc(CN)n2)nc2cccc(Cl)c21. The molecule has 0 radical (unpaired) electrons. The predicted octanol–water partition coefficient (Wildman–Crippen LogP) is 2.81. The molecular formula is C12H11ClN4S. The summed E-state index contributed by atoms with van der Waals surface area (Å²) in [5, 5.41) is 3.57. The highest BCUT2D eigenvalue weighted by molar-refractivity contribution is 7.09. The fraction of sp³-hybridized carbons (Fsp3) is 0.167. The number of hydrogen-bond acceptors (Lipinski definition) is 4. The molecule has 0 atom stereocenters. The Hall–Kier alpha value is -1.43. The van der Waals surface area contributed by atoms with E-state index in [4.69, 9.17) is 17.3 Å². The molecule has 0 amide bonds. The van der Waals surface area contributed by atoms with Gasteiger partial charge in [-0.2, -0.15) is 0 Å². The molecule has 2 N–H and O–H groups in total. The van der Waals surface area contributed by atoms with Crippen LogP contribution in [0.15, 0.2) is 23.6 Å². The van der Waals surface area contributed by atoms with Crippen LogP contribution in [-0.2, 0) is 13.6 Å². The maximum Gasteiger partial charge on any atom is 0.160 e. The minimum absolute atomic E-state index is 0.454. The van der Waals surface area contributed by atoms with Gasteiger partial charge in [-0.05, 0) is 12.1 Å². The molecule has 0 aliphatic heterocycles. The van der Waals surface area contributed by atoms with E-state index in [0.29, 0.717) is 11.6 Å². The summed E-state index contributed by atoms with van der Waals surface area (Å²) in [5.41, 5.74) is 8.23.